The monoisotopic (exact) mass is 293 g/mol. The number of carbonyl (C=O) groups is 2. The molecule has 1 saturated heterocycles. The average Bonchev–Trinajstić information content (AvgIpc) is 2.89. The first-order chi connectivity index (χ1) is 10.1. The van der Waals surface area contributed by atoms with Gasteiger partial charge in [-0.2, -0.15) is 5.10 Å². The maximum atomic E-state index is 12.7. The van der Waals surface area contributed by atoms with Gasteiger partial charge in [0.2, 0.25) is 0 Å². The van der Waals surface area contributed by atoms with Crippen LogP contribution in [0.25, 0.3) is 0 Å². The van der Waals surface area contributed by atoms with Crippen LogP contribution in [-0.2, 0) is 22.5 Å². The topological polar surface area (TPSA) is 84.7 Å². The zero-order valence-corrected chi connectivity index (χ0v) is 12.0. The Labute approximate surface area is 122 Å². The molecule has 0 radical (unpaired) electrons. The lowest BCUT2D eigenvalue weighted by atomic mass is 10.1. The summed E-state index contributed by atoms with van der Waals surface area (Å²) in [4.78, 5) is 25.3. The molecule has 3 rings (SSSR count). The van der Waals surface area contributed by atoms with Gasteiger partial charge in [0, 0.05) is 13.1 Å². The predicted octanol–water partition coefficient (Wildman–Crippen LogP) is 0.534. The van der Waals surface area contributed by atoms with Crippen molar-refractivity contribution in [1.29, 1.82) is 0 Å². The summed E-state index contributed by atoms with van der Waals surface area (Å²) < 4.78 is 7.23. The fourth-order valence-corrected chi connectivity index (χ4v) is 3.02. The molecule has 2 atom stereocenters. The second kappa shape index (κ2) is 5.48. The van der Waals surface area contributed by atoms with E-state index in [-0.39, 0.29) is 18.6 Å². The summed E-state index contributed by atoms with van der Waals surface area (Å²) in [6.07, 6.45) is 3.36. The van der Waals surface area contributed by atoms with Gasteiger partial charge in [-0.15, -0.1) is 0 Å². The number of morpholine rings is 1. The number of amides is 1. The number of aryl methyl sites for hydroxylation is 1. The molecule has 1 aromatic rings. The van der Waals surface area contributed by atoms with Crippen molar-refractivity contribution in [2.75, 3.05) is 13.1 Å². The quantitative estimate of drug-likeness (QED) is 0.860. The highest BCUT2D eigenvalue weighted by Gasteiger charge is 2.34. The number of nitrogens with zero attached hydrogens (tertiary/aromatic N) is 3. The number of aromatic nitrogens is 2. The molecule has 0 aliphatic carbocycles. The van der Waals surface area contributed by atoms with Crippen LogP contribution in [0.15, 0.2) is 6.20 Å². The molecule has 7 heteroatoms. The number of rotatable bonds is 2. The van der Waals surface area contributed by atoms with E-state index in [0.717, 1.165) is 31.5 Å². The molecule has 1 unspecified atom stereocenters. The van der Waals surface area contributed by atoms with E-state index >= 15 is 0 Å². The summed E-state index contributed by atoms with van der Waals surface area (Å²) in [5.74, 6) is -1.17. The molecule has 1 aromatic heterocycles. The number of hydrogen-bond acceptors (Lipinski definition) is 4. The first kappa shape index (κ1) is 14.1. The summed E-state index contributed by atoms with van der Waals surface area (Å²) in [6, 6.07) is 0. The Hall–Kier alpha value is -1.89. The molecular weight excluding hydrogens is 274 g/mol. The number of aliphatic carboxylic acids is 1. The highest BCUT2D eigenvalue weighted by atomic mass is 16.5. The van der Waals surface area contributed by atoms with Crippen molar-refractivity contribution in [2.24, 2.45) is 0 Å². The third-order valence-corrected chi connectivity index (χ3v) is 4.04. The molecule has 0 saturated carbocycles. The molecule has 0 spiro atoms. The van der Waals surface area contributed by atoms with Gasteiger partial charge in [0.05, 0.1) is 30.1 Å². The Morgan fingerprint density at radius 3 is 2.95 bits per heavy atom. The average molecular weight is 293 g/mol. The van der Waals surface area contributed by atoms with Crippen LogP contribution in [0.5, 0.6) is 0 Å². The highest BCUT2D eigenvalue weighted by molar-refractivity contribution is 5.95. The molecule has 2 aliphatic rings. The van der Waals surface area contributed by atoms with Crippen molar-refractivity contribution in [1.82, 2.24) is 14.7 Å². The van der Waals surface area contributed by atoms with Crippen LogP contribution in [0, 0.1) is 0 Å². The van der Waals surface area contributed by atoms with E-state index in [2.05, 4.69) is 5.10 Å². The second-order valence-corrected chi connectivity index (χ2v) is 5.67. The molecule has 114 valence electrons. The van der Waals surface area contributed by atoms with Crippen molar-refractivity contribution < 1.29 is 19.4 Å². The molecular formula is C14H19N3O4. The molecule has 1 fully saturated rings. The maximum Gasteiger partial charge on any atom is 0.334 e. The third kappa shape index (κ3) is 2.65. The van der Waals surface area contributed by atoms with Gasteiger partial charge >= 0.3 is 5.97 Å². The number of ether oxygens (including phenoxy) is 1. The third-order valence-electron chi connectivity index (χ3n) is 4.04. The predicted molar refractivity (Wildman–Crippen MR) is 73.0 cm³/mol. The van der Waals surface area contributed by atoms with Gasteiger partial charge in [-0.1, -0.05) is 0 Å². The minimum Gasteiger partial charge on any atom is -0.479 e. The lowest BCUT2D eigenvalue weighted by Crippen LogP contribution is -2.51. The lowest BCUT2D eigenvalue weighted by molar-refractivity contribution is -0.160. The second-order valence-electron chi connectivity index (χ2n) is 5.67. The number of fused-ring (bicyclic) bond motifs is 1. The van der Waals surface area contributed by atoms with Gasteiger partial charge in [-0.3, -0.25) is 9.48 Å². The maximum absolute atomic E-state index is 12.7. The summed E-state index contributed by atoms with van der Waals surface area (Å²) in [5, 5.41) is 13.4. The number of carboxylic acid groups (broad SMARTS) is 1. The van der Waals surface area contributed by atoms with E-state index in [9.17, 15) is 9.59 Å². The van der Waals surface area contributed by atoms with Gasteiger partial charge in [-0.25, -0.2) is 4.79 Å². The summed E-state index contributed by atoms with van der Waals surface area (Å²) in [5.41, 5.74) is 1.57. The molecule has 1 amide bonds. The van der Waals surface area contributed by atoms with E-state index in [1.165, 1.54) is 0 Å². The van der Waals surface area contributed by atoms with Crippen LogP contribution < -0.4 is 0 Å². The zero-order valence-electron chi connectivity index (χ0n) is 12.0. The Bertz CT molecular complexity index is 569. The van der Waals surface area contributed by atoms with Crippen molar-refractivity contribution in [3.63, 3.8) is 0 Å². The Morgan fingerprint density at radius 2 is 2.19 bits per heavy atom. The molecule has 7 nitrogen and oxygen atoms in total. The van der Waals surface area contributed by atoms with Gasteiger partial charge in [0.1, 0.15) is 0 Å². The van der Waals surface area contributed by atoms with Gasteiger partial charge in [0.25, 0.3) is 5.91 Å². The standard InChI is InChI=1S/C14H19N3O4/c1-9-7-16(8-12(21-9)14(19)20)13(18)10-6-15-17-5-3-2-4-11(10)17/h6,9,12H,2-5,7-8H2,1H3,(H,19,20)/t9-,12?/m1/s1. The zero-order chi connectivity index (χ0) is 15.0. The van der Waals surface area contributed by atoms with Gasteiger partial charge < -0.3 is 14.7 Å². The first-order valence-electron chi connectivity index (χ1n) is 7.28. The van der Waals surface area contributed by atoms with Crippen LogP contribution in [-0.4, -0.2) is 57.0 Å². The van der Waals surface area contributed by atoms with Gasteiger partial charge in [-0.05, 0) is 26.2 Å². The fourth-order valence-electron chi connectivity index (χ4n) is 3.02. The largest absolute Gasteiger partial charge is 0.479 e. The van der Waals surface area contributed by atoms with Crippen LogP contribution >= 0.6 is 0 Å². The molecule has 0 bridgehead atoms. The van der Waals surface area contributed by atoms with Crippen LogP contribution in [0.2, 0.25) is 0 Å². The van der Waals surface area contributed by atoms with Crippen LogP contribution in [0.4, 0.5) is 0 Å². The van der Waals surface area contributed by atoms with E-state index in [1.54, 1.807) is 18.0 Å². The smallest absolute Gasteiger partial charge is 0.334 e. The first-order valence-corrected chi connectivity index (χ1v) is 7.28. The van der Waals surface area contributed by atoms with E-state index in [1.807, 2.05) is 4.68 Å². The minimum absolute atomic E-state index is 0.0864. The molecule has 0 aromatic carbocycles. The molecule has 21 heavy (non-hydrogen) atoms. The Morgan fingerprint density at radius 1 is 1.38 bits per heavy atom. The number of carboxylic acids is 1. The molecule has 3 heterocycles. The minimum atomic E-state index is -1.03. The summed E-state index contributed by atoms with van der Waals surface area (Å²) in [7, 11) is 0. The van der Waals surface area contributed by atoms with Crippen molar-refractivity contribution in [2.45, 2.75) is 44.9 Å². The van der Waals surface area contributed by atoms with Crippen molar-refractivity contribution in [3.8, 4) is 0 Å². The summed E-state index contributed by atoms with van der Waals surface area (Å²) in [6.45, 7) is 3.12. The normalized spacial score (nSPS) is 25.5. The highest BCUT2D eigenvalue weighted by Crippen LogP contribution is 2.21. The molecule has 1 N–H and O–H groups in total. The fraction of sp³-hybridized carbons (Fsp3) is 0.643. The number of carbonyl (C=O) groups excluding carboxylic acids is 1. The van der Waals surface area contributed by atoms with E-state index in [4.69, 9.17) is 9.84 Å². The summed E-state index contributed by atoms with van der Waals surface area (Å²) >= 11 is 0. The van der Waals surface area contributed by atoms with Crippen LogP contribution in [0.1, 0.15) is 35.8 Å². The van der Waals surface area contributed by atoms with Crippen molar-refractivity contribution in [3.05, 3.63) is 17.5 Å². The molecule has 2 aliphatic heterocycles. The SMILES string of the molecule is C[C@@H]1CN(C(=O)c2cnn3c2CCCC3)CC(C(=O)O)O1. The number of hydrogen-bond donors (Lipinski definition) is 1. The Balaban J connectivity index is 1.81. The van der Waals surface area contributed by atoms with Gasteiger partial charge in [0.15, 0.2) is 6.10 Å². The van der Waals surface area contributed by atoms with E-state index < -0.39 is 12.1 Å². The van der Waals surface area contributed by atoms with Crippen molar-refractivity contribution >= 4 is 11.9 Å². The van der Waals surface area contributed by atoms with E-state index in [0.29, 0.717) is 12.1 Å². The lowest BCUT2D eigenvalue weighted by Gasteiger charge is -2.35. The van der Waals surface area contributed by atoms with Crippen LogP contribution in [0.3, 0.4) is 0 Å². The Kier molecular flexibility index (Phi) is 3.67.